The summed E-state index contributed by atoms with van der Waals surface area (Å²) in [7, 11) is 0. The van der Waals surface area contributed by atoms with E-state index in [1.807, 2.05) is 0 Å². The molecule has 0 spiro atoms. The van der Waals surface area contributed by atoms with Crippen molar-refractivity contribution in [3.05, 3.63) is 69.8 Å². The summed E-state index contributed by atoms with van der Waals surface area (Å²) in [4.78, 5) is 0. The molecule has 0 amide bonds. The third-order valence-corrected chi connectivity index (χ3v) is 5.75. The highest BCUT2D eigenvalue weighted by molar-refractivity contribution is 5.41. The molecule has 0 heterocycles. The molecule has 2 aromatic carbocycles. The number of terminal acetylenes is 1. The van der Waals surface area contributed by atoms with Crippen molar-refractivity contribution in [2.75, 3.05) is 0 Å². The van der Waals surface area contributed by atoms with Gasteiger partial charge in [-0.25, -0.2) is 0 Å². The SMILES string of the molecule is C#CCc1cc(C(C)(C)C)cc(C(C)(C)Cc2cc(CN)cc(C(C)(C)C)c2)c1. The van der Waals surface area contributed by atoms with Gasteiger partial charge in [0.15, 0.2) is 0 Å². The molecule has 2 rings (SSSR count). The van der Waals surface area contributed by atoms with Crippen LogP contribution in [0.1, 0.15) is 88.8 Å². The van der Waals surface area contributed by atoms with Gasteiger partial charge in [-0.15, -0.1) is 12.3 Å². The molecular weight excluding hydrogens is 350 g/mol. The molecule has 2 N–H and O–H groups in total. The van der Waals surface area contributed by atoms with Gasteiger partial charge in [0, 0.05) is 13.0 Å². The lowest BCUT2D eigenvalue weighted by Gasteiger charge is -2.30. The fraction of sp³-hybridized carbons (Fsp3) is 0.500. The van der Waals surface area contributed by atoms with Crippen molar-refractivity contribution in [1.82, 2.24) is 0 Å². The predicted octanol–water partition coefficient (Wildman–Crippen LogP) is 6.44. The molecule has 2 aromatic rings. The van der Waals surface area contributed by atoms with Gasteiger partial charge in [-0.3, -0.25) is 0 Å². The molecule has 0 radical (unpaired) electrons. The predicted molar refractivity (Wildman–Crippen MR) is 127 cm³/mol. The molecule has 0 fully saturated rings. The Morgan fingerprint density at radius 1 is 0.690 bits per heavy atom. The van der Waals surface area contributed by atoms with Crippen LogP contribution in [0.3, 0.4) is 0 Å². The van der Waals surface area contributed by atoms with Crippen molar-refractivity contribution in [2.24, 2.45) is 5.73 Å². The second kappa shape index (κ2) is 8.37. The van der Waals surface area contributed by atoms with Crippen LogP contribution in [0.15, 0.2) is 36.4 Å². The zero-order valence-electron chi connectivity index (χ0n) is 19.7. The first-order chi connectivity index (χ1) is 13.3. The first-order valence-electron chi connectivity index (χ1n) is 10.7. The molecule has 0 aliphatic carbocycles. The van der Waals surface area contributed by atoms with E-state index < -0.39 is 0 Å². The summed E-state index contributed by atoms with van der Waals surface area (Å²) in [5.41, 5.74) is 14.0. The zero-order chi connectivity index (χ0) is 22.0. The largest absolute Gasteiger partial charge is 0.326 e. The average molecular weight is 390 g/mol. The van der Waals surface area contributed by atoms with Gasteiger partial charge in [0.25, 0.3) is 0 Å². The summed E-state index contributed by atoms with van der Waals surface area (Å²) in [6.07, 6.45) is 7.27. The van der Waals surface area contributed by atoms with Gasteiger partial charge in [0.1, 0.15) is 0 Å². The maximum Gasteiger partial charge on any atom is 0.0337 e. The first kappa shape index (κ1) is 23.2. The summed E-state index contributed by atoms with van der Waals surface area (Å²) in [6, 6.07) is 13.8. The summed E-state index contributed by atoms with van der Waals surface area (Å²) in [6.45, 7) is 18.8. The Morgan fingerprint density at radius 2 is 1.17 bits per heavy atom. The van der Waals surface area contributed by atoms with Gasteiger partial charge in [-0.2, -0.15) is 0 Å². The van der Waals surface area contributed by atoms with Crippen LogP contribution in [0.4, 0.5) is 0 Å². The van der Waals surface area contributed by atoms with Crippen LogP contribution in [-0.4, -0.2) is 0 Å². The molecule has 29 heavy (non-hydrogen) atoms. The topological polar surface area (TPSA) is 26.0 Å². The second-order valence-corrected chi connectivity index (χ2v) is 11.1. The van der Waals surface area contributed by atoms with E-state index in [2.05, 4.69) is 97.7 Å². The number of hydrogen-bond acceptors (Lipinski definition) is 1. The Labute approximate surface area is 179 Å². The monoisotopic (exact) mass is 389 g/mol. The van der Waals surface area contributed by atoms with E-state index in [0.29, 0.717) is 13.0 Å². The van der Waals surface area contributed by atoms with E-state index in [9.17, 15) is 0 Å². The van der Waals surface area contributed by atoms with Gasteiger partial charge >= 0.3 is 0 Å². The minimum atomic E-state index is -0.00696. The lowest BCUT2D eigenvalue weighted by atomic mass is 9.74. The third kappa shape index (κ3) is 5.97. The maximum absolute atomic E-state index is 6.01. The quantitative estimate of drug-likeness (QED) is 0.585. The Balaban J connectivity index is 2.51. The normalized spacial score (nSPS) is 12.7. The molecule has 0 atom stereocenters. The maximum atomic E-state index is 6.01. The van der Waals surface area contributed by atoms with E-state index in [1.165, 1.54) is 33.4 Å². The molecule has 0 aliphatic rings. The molecule has 0 saturated carbocycles. The summed E-state index contributed by atoms with van der Waals surface area (Å²) >= 11 is 0. The third-order valence-electron chi connectivity index (χ3n) is 5.75. The van der Waals surface area contributed by atoms with Crippen molar-refractivity contribution < 1.29 is 0 Å². The van der Waals surface area contributed by atoms with Crippen molar-refractivity contribution in [1.29, 1.82) is 0 Å². The second-order valence-electron chi connectivity index (χ2n) is 11.1. The highest BCUT2D eigenvalue weighted by atomic mass is 14.5. The molecular formula is C28H39N. The zero-order valence-corrected chi connectivity index (χ0v) is 19.7. The van der Waals surface area contributed by atoms with Crippen LogP contribution in [-0.2, 0) is 35.6 Å². The van der Waals surface area contributed by atoms with Gasteiger partial charge in [-0.1, -0.05) is 91.8 Å². The van der Waals surface area contributed by atoms with E-state index in [0.717, 1.165) is 6.42 Å². The minimum absolute atomic E-state index is 0.00696. The minimum Gasteiger partial charge on any atom is -0.326 e. The van der Waals surface area contributed by atoms with Crippen molar-refractivity contribution in [3.8, 4) is 12.3 Å². The number of nitrogens with two attached hydrogens (primary N) is 1. The Bertz CT molecular complexity index is 895. The highest BCUT2D eigenvalue weighted by Gasteiger charge is 2.25. The van der Waals surface area contributed by atoms with Crippen LogP contribution >= 0.6 is 0 Å². The van der Waals surface area contributed by atoms with E-state index in [1.54, 1.807) is 0 Å². The van der Waals surface area contributed by atoms with Gasteiger partial charge in [0.05, 0.1) is 0 Å². The lowest BCUT2D eigenvalue weighted by molar-refractivity contribution is 0.514. The summed E-state index contributed by atoms with van der Waals surface area (Å²) < 4.78 is 0. The smallest absolute Gasteiger partial charge is 0.0337 e. The number of hydrogen-bond donors (Lipinski definition) is 1. The summed E-state index contributed by atoms with van der Waals surface area (Å²) in [5.74, 6) is 2.82. The standard InChI is InChI=1S/C28H39N/c1-10-11-20-13-24(27(5,6)7)17-25(14-20)28(8,9)18-21-12-22(19-29)16-23(15-21)26(2,3)4/h1,12-17H,11,18-19,29H2,2-9H3. The van der Waals surface area contributed by atoms with Crippen LogP contribution in [0.25, 0.3) is 0 Å². The Morgan fingerprint density at radius 3 is 1.69 bits per heavy atom. The van der Waals surface area contributed by atoms with Crippen molar-refractivity contribution >= 4 is 0 Å². The van der Waals surface area contributed by atoms with Gasteiger partial charge in [0.2, 0.25) is 0 Å². The fourth-order valence-electron chi connectivity index (χ4n) is 3.76. The highest BCUT2D eigenvalue weighted by Crippen LogP contribution is 2.34. The Hall–Kier alpha value is -2.04. The molecule has 1 heteroatoms. The summed E-state index contributed by atoms with van der Waals surface area (Å²) in [5, 5.41) is 0. The van der Waals surface area contributed by atoms with E-state index >= 15 is 0 Å². The average Bonchev–Trinajstić information content (AvgIpc) is 2.59. The number of benzene rings is 2. The van der Waals surface area contributed by atoms with E-state index in [4.69, 9.17) is 12.2 Å². The Kier molecular flexibility index (Phi) is 6.71. The van der Waals surface area contributed by atoms with E-state index in [-0.39, 0.29) is 16.2 Å². The number of rotatable bonds is 5. The van der Waals surface area contributed by atoms with Crippen LogP contribution in [0.5, 0.6) is 0 Å². The lowest BCUT2D eigenvalue weighted by Crippen LogP contribution is -2.23. The van der Waals surface area contributed by atoms with Gasteiger partial charge in [-0.05, 0) is 56.0 Å². The molecule has 0 unspecified atom stereocenters. The molecule has 156 valence electrons. The molecule has 0 saturated heterocycles. The fourth-order valence-corrected chi connectivity index (χ4v) is 3.76. The molecule has 0 aromatic heterocycles. The molecule has 0 aliphatic heterocycles. The van der Waals surface area contributed by atoms with Crippen LogP contribution in [0, 0.1) is 12.3 Å². The van der Waals surface area contributed by atoms with Crippen molar-refractivity contribution in [3.63, 3.8) is 0 Å². The first-order valence-corrected chi connectivity index (χ1v) is 10.7. The van der Waals surface area contributed by atoms with Crippen LogP contribution in [0.2, 0.25) is 0 Å². The molecule has 1 nitrogen and oxygen atoms in total. The van der Waals surface area contributed by atoms with Crippen molar-refractivity contribution in [2.45, 2.75) is 91.0 Å². The van der Waals surface area contributed by atoms with Crippen LogP contribution < -0.4 is 5.73 Å². The van der Waals surface area contributed by atoms with Gasteiger partial charge < -0.3 is 5.73 Å². The molecule has 0 bridgehead atoms.